The fraction of sp³-hybridized carbons (Fsp3) is 0.346. The number of amides is 1. The zero-order valence-corrected chi connectivity index (χ0v) is 21.5. The van der Waals surface area contributed by atoms with Crippen LogP contribution in [0.5, 0.6) is 0 Å². The SMILES string of the molecule is O=C(Nc1ccc(F)c(F)c1)c1ccc(Cl)c(S(=O)(=O)[C@@H]2CC3CC[C@@H](C2)[C@@]3(O)C(O)c2ncccn2)c1. The van der Waals surface area contributed by atoms with E-state index in [0.717, 1.165) is 18.2 Å². The number of fused-ring (bicyclic) bond motifs is 2. The maximum Gasteiger partial charge on any atom is 0.255 e. The number of nitrogens with zero attached hydrogens (tertiary/aromatic N) is 2. The predicted octanol–water partition coefficient (Wildman–Crippen LogP) is 4.09. The third-order valence-corrected chi connectivity index (χ3v) is 10.3. The van der Waals surface area contributed by atoms with Crippen molar-refractivity contribution < 1.29 is 32.2 Å². The van der Waals surface area contributed by atoms with Crippen LogP contribution >= 0.6 is 11.6 Å². The fourth-order valence-electron chi connectivity index (χ4n) is 5.72. The molecule has 1 heterocycles. The van der Waals surface area contributed by atoms with Gasteiger partial charge in [-0.2, -0.15) is 0 Å². The van der Waals surface area contributed by atoms with Crippen molar-refractivity contribution in [1.82, 2.24) is 9.97 Å². The summed E-state index contributed by atoms with van der Waals surface area (Å²) in [6.45, 7) is 0. The van der Waals surface area contributed by atoms with E-state index in [-0.39, 0.29) is 39.8 Å². The van der Waals surface area contributed by atoms with Crippen LogP contribution in [0.3, 0.4) is 0 Å². The number of aromatic nitrogens is 2. The molecule has 2 unspecified atom stereocenters. The maximum absolute atomic E-state index is 13.7. The van der Waals surface area contributed by atoms with Crippen LogP contribution in [0.4, 0.5) is 14.5 Å². The standard InChI is InChI=1S/C26H24ClF2N3O5S/c27-19-6-2-14(25(34)32-17-5-7-20(28)21(29)13-17)10-22(19)38(36,37)18-11-15-3-4-16(12-18)26(15,35)23(33)24-30-8-1-9-31-24/h1-2,5-10,13,15-16,18,23,33,35H,3-4,11-12H2,(H,32,34)/t15-,16?,18-,23?,26-/m0/s1. The molecule has 0 spiro atoms. The van der Waals surface area contributed by atoms with Crippen molar-refractivity contribution in [1.29, 1.82) is 0 Å². The highest BCUT2D eigenvalue weighted by Gasteiger charge is 2.60. The molecule has 5 rings (SSSR count). The Morgan fingerprint density at radius 1 is 1.05 bits per heavy atom. The molecule has 0 radical (unpaired) electrons. The van der Waals surface area contributed by atoms with Gasteiger partial charge in [0.05, 0.1) is 15.2 Å². The number of carbonyl (C=O) groups is 1. The minimum atomic E-state index is -4.05. The van der Waals surface area contributed by atoms with Crippen LogP contribution in [0.1, 0.15) is 48.0 Å². The summed E-state index contributed by atoms with van der Waals surface area (Å²) in [6, 6.07) is 8.22. The predicted molar refractivity (Wildman–Crippen MR) is 134 cm³/mol. The van der Waals surface area contributed by atoms with Crippen LogP contribution in [-0.2, 0) is 9.84 Å². The number of anilines is 1. The molecule has 2 bridgehead atoms. The molecule has 0 saturated heterocycles. The van der Waals surface area contributed by atoms with Gasteiger partial charge in [-0.1, -0.05) is 11.6 Å². The Bertz CT molecular complexity index is 1480. The lowest BCUT2D eigenvalue weighted by molar-refractivity contribution is -0.147. The first kappa shape index (κ1) is 26.6. The Hall–Kier alpha value is -2.99. The van der Waals surface area contributed by atoms with Crippen LogP contribution in [-0.4, -0.2) is 45.4 Å². The summed E-state index contributed by atoms with van der Waals surface area (Å²) in [5.74, 6) is -3.89. The zero-order chi connectivity index (χ0) is 27.2. The average Bonchev–Trinajstić information content (AvgIpc) is 3.06. The topological polar surface area (TPSA) is 129 Å². The second-order valence-electron chi connectivity index (χ2n) is 9.73. The molecular weight excluding hydrogens is 540 g/mol. The molecular formula is C26H24ClF2N3O5S. The summed E-state index contributed by atoms with van der Waals surface area (Å²) in [4.78, 5) is 20.6. The van der Waals surface area contributed by atoms with Gasteiger partial charge < -0.3 is 15.5 Å². The van der Waals surface area contributed by atoms with Crippen molar-refractivity contribution >= 4 is 33.0 Å². The molecule has 2 aromatic carbocycles. The Morgan fingerprint density at radius 3 is 2.34 bits per heavy atom. The number of aliphatic hydroxyl groups excluding tert-OH is 1. The number of halogens is 3. The van der Waals surface area contributed by atoms with E-state index in [1.54, 1.807) is 6.07 Å². The van der Waals surface area contributed by atoms with E-state index in [2.05, 4.69) is 15.3 Å². The number of aliphatic hydroxyl groups is 2. The lowest BCUT2D eigenvalue weighted by Gasteiger charge is -2.44. The number of hydrogen-bond donors (Lipinski definition) is 3. The van der Waals surface area contributed by atoms with Gasteiger partial charge in [-0.05, 0) is 73.9 Å². The molecule has 1 aromatic heterocycles. The molecule has 3 N–H and O–H groups in total. The van der Waals surface area contributed by atoms with Crippen LogP contribution in [0.2, 0.25) is 5.02 Å². The molecule has 5 atom stereocenters. The minimum absolute atomic E-state index is 0.00245. The van der Waals surface area contributed by atoms with Crippen molar-refractivity contribution in [3.8, 4) is 0 Å². The molecule has 8 nitrogen and oxygen atoms in total. The van der Waals surface area contributed by atoms with E-state index in [1.165, 1.54) is 30.6 Å². The zero-order valence-electron chi connectivity index (χ0n) is 19.9. The molecule has 2 aliphatic rings. The third kappa shape index (κ3) is 4.57. The van der Waals surface area contributed by atoms with Crippen LogP contribution in [0.15, 0.2) is 59.8 Å². The largest absolute Gasteiger partial charge is 0.386 e. The smallest absolute Gasteiger partial charge is 0.255 e. The molecule has 2 saturated carbocycles. The number of nitrogens with one attached hydrogen (secondary N) is 1. The van der Waals surface area contributed by atoms with Gasteiger partial charge in [0, 0.05) is 29.7 Å². The summed E-state index contributed by atoms with van der Waals surface area (Å²) in [5, 5.41) is 23.9. The summed E-state index contributed by atoms with van der Waals surface area (Å²) < 4.78 is 54.1. The Labute approximate surface area is 222 Å². The summed E-state index contributed by atoms with van der Waals surface area (Å²) in [5.41, 5.74) is -1.61. The number of rotatable bonds is 6. The first-order chi connectivity index (χ1) is 18.0. The molecule has 2 fully saturated rings. The van der Waals surface area contributed by atoms with Crippen molar-refractivity contribution in [3.63, 3.8) is 0 Å². The molecule has 200 valence electrons. The normalized spacial score (nSPS) is 25.7. The number of benzene rings is 2. The van der Waals surface area contributed by atoms with Gasteiger partial charge >= 0.3 is 0 Å². The molecule has 2 aliphatic carbocycles. The minimum Gasteiger partial charge on any atom is -0.386 e. The van der Waals surface area contributed by atoms with E-state index in [1.807, 2.05) is 0 Å². The first-order valence-corrected chi connectivity index (χ1v) is 13.9. The number of hydrogen-bond acceptors (Lipinski definition) is 7. The van der Waals surface area contributed by atoms with Gasteiger partial charge in [0.25, 0.3) is 5.91 Å². The van der Waals surface area contributed by atoms with E-state index in [0.29, 0.717) is 12.8 Å². The average molecular weight is 564 g/mol. The Morgan fingerprint density at radius 2 is 1.71 bits per heavy atom. The highest BCUT2D eigenvalue weighted by Crippen LogP contribution is 2.56. The molecule has 0 aliphatic heterocycles. The van der Waals surface area contributed by atoms with Crippen molar-refractivity contribution in [2.75, 3.05) is 5.32 Å². The van der Waals surface area contributed by atoms with Crippen LogP contribution in [0.25, 0.3) is 0 Å². The van der Waals surface area contributed by atoms with Gasteiger partial charge in [0.15, 0.2) is 27.3 Å². The lowest BCUT2D eigenvalue weighted by Crippen LogP contribution is -2.52. The molecule has 1 amide bonds. The van der Waals surface area contributed by atoms with Crippen LogP contribution < -0.4 is 5.32 Å². The van der Waals surface area contributed by atoms with E-state index in [9.17, 15) is 32.2 Å². The van der Waals surface area contributed by atoms with E-state index < -0.39 is 56.2 Å². The summed E-state index contributed by atoms with van der Waals surface area (Å²) in [6.07, 6.45) is 2.79. The highest BCUT2D eigenvalue weighted by molar-refractivity contribution is 7.92. The third-order valence-electron chi connectivity index (χ3n) is 7.65. The van der Waals surface area contributed by atoms with Gasteiger partial charge in [0.1, 0.15) is 11.7 Å². The van der Waals surface area contributed by atoms with Gasteiger partial charge in [-0.3, -0.25) is 4.79 Å². The first-order valence-electron chi connectivity index (χ1n) is 12.0. The second-order valence-corrected chi connectivity index (χ2v) is 12.3. The number of carbonyl (C=O) groups excluding carboxylic acids is 1. The van der Waals surface area contributed by atoms with Gasteiger partial charge in [0.2, 0.25) is 0 Å². The number of sulfone groups is 1. The van der Waals surface area contributed by atoms with Gasteiger partial charge in [-0.25, -0.2) is 27.2 Å². The summed E-state index contributed by atoms with van der Waals surface area (Å²) >= 11 is 6.27. The fourth-order valence-corrected chi connectivity index (χ4v) is 8.12. The highest BCUT2D eigenvalue weighted by atomic mass is 35.5. The molecule has 12 heteroatoms. The maximum atomic E-state index is 13.7. The molecule has 38 heavy (non-hydrogen) atoms. The van der Waals surface area contributed by atoms with E-state index in [4.69, 9.17) is 11.6 Å². The second kappa shape index (κ2) is 9.96. The van der Waals surface area contributed by atoms with Crippen LogP contribution in [0, 0.1) is 23.5 Å². The quantitative estimate of drug-likeness (QED) is 0.412. The van der Waals surface area contributed by atoms with Crippen molar-refractivity contribution in [3.05, 3.63) is 82.9 Å². The summed E-state index contributed by atoms with van der Waals surface area (Å²) in [7, 11) is -4.05. The Kier molecular flexibility index (Phi) is 6.97. The monoisotopic (exact) mass is 563 g/mol. The van der Waals surface area contributed by atoms with Crippen molar-refractivity contribution in [2.24, 2.45) is 11.8 Å². The van der Waals surface area contributed by atoms with Crippen molar-refractivity contribution in [2.45, 2.75) is 47.5 Å². The van der Waals surface area contributed by atoms with E-state index >= 15 is 0 Å². The Balaban J connectivity index is 1.39. The van der Waals surface area contributed by atoms with Gasteiger partial charge in [-0.15, -0.1) is 0 Å². The lowest BCUT2D eigenvalue weighted by atomic mass is 9.71. The molecule has 3 aromatic rings.